The van der Waals surface area contributed by atoms with Gasteiger partial charge in [0.1, 0.15) is 5.75 Å². The van der Waals surface area contributed by atoms with Crippen LogP contribution in [0.3, 0.4) is 0 Å². The Morgan fingerprint density at radius 1 is 1.07 bits per heavy atom. The molecule has 0 fully saturated rings. The second-order valence-electron chi connectivity index (χ2n) is 7.26. The molecule has 1 heterocycles. The third kappa shape index (κ3) is 4.65. The summed E-state index contributed by atoms with van der Waals surface area (Å²) in [7, 11) is 1.67. The van der Waals surface area contributed by atoms with Crippen molar-refractivity contribution in [2.45, 2.75) is 44.6 Å². The third-order valence-electron chi connectivity index (χ3n) is 5.34. The Bertz CT molecular complexity index is 983. The van der Waals surface area contributed by atoms with Gasteiger partial charge in [0.2, 0.25) is 17.7 Å². The summed E-state index contributed by atoms with van der Waals surface area (Å²) in [6.45, 7) is 0. The minimum atomic E-state index is 0.0143. The summed E-state index contributed by atoms with van der Waals surface area (Å²) in [5.74, 6) is 1.95. The molecule has 1 aliphatic rings. The summed E-state index contributed by atoms with van der Waals surface area (Å²) in [6.07, 6.45) is 4.15. The summed E-state index contributed by atoms with van der Waals surface area (Å²) >= 11 is 0. The second kappa shape index (κ2) is 8.90. The van der Waals surface area contributed by atoms with Gasteiger partial charge in [-0.15, -0.1) is 10.2 Å². The molecular formula is C23H25N3O3. The van der Waals surface area contributed by atoms with E-state index in [0.717, 1.165) is 30.6 Å². The molecule has 2 aromatic carbocycles. The topological polar surface area (TPSA) is 77.2 Å². The molecule has 1 N–H and O–H groups in total. The van der Waals surface area contributed by atoms with Crippen LogP contribution in [0.25, 0.3) is 0 Å². The van der Waals surface area contributed by atoms with E-state index in [1.165, 1.54) is 11.1 Å². The number of rotatable bonds is 8. The number of aromatic nitrogens is 2. The summed E-state index contributed by atoms with van der Waals surface area (Å²) in [5, 5.41) is 11.3. The van der Waals surface area contributed by atoms with Crippen molar-refractivity contribution in [2.24, 2.45) is 0 Å². The highest BCUT2D eigenvalue weighted by atomic mass is 16.5. The number of carbonyl (C=O) groups excluding carboxylic acids is 1. The summed E-state index contributed by atoms with van der Waals surface area (Å²) in [6, 6.07) is 16.3. The predicted molar refractivity (Wildman–Crippen MR) is 109 cm³/mol. The highest BCUT2D eigenvalue weighted by Gasteiger charge is 2.23. The van der Waals surface area contributed by atoms with Crippen LogP contribution in [0.15, 0.2) is 52.9 Å². The van der Waals surface area contributed by atoms with E-state index < -0.39 is 0 Å². The lowest BCUT2D eigenvalue weighted by molar-refractivity contribution is -0.121. The highest BCUT2D eigenvalue weighted by molar-refractivity contribution is 5.76. The first kappa shape index (κ1) is 19.2. The molecule has 1 aromatic heterocycles. The Morgan fingerprint density at radius 2 is 1.83 bits per heavy atom. The molecule has 1 aliphatic carbocycles. The van der Waals surface area contributed by atoms with E-state index in [1.807, 2.05) is 36.4 Å². The fourth-order valence-electron chi connectivity index (χ4n) is 3.84. The lowest BCUT2D eigenvalue weighted by Gasteiger charge is -2.13. The summed E-state index contributed by atoms with van der Waals surface area (Å²) < 4.78 is 11.1. The van der Waals surface area contributed by atoms with Gasteiger partial charge < -0.3 is 14.5 Å². The molecule has 0 saturated carbocycles. The number of hydrogen-bond acceptors (Lipinski definition) is 5. The highest BCUT2D eigenvalue weighted by Crippen LogP contribution is 2.30. The van der Waals surface area contributed by atoms with Gasteiger partial charge in [-0.05, 0) is 42.0 Å². The average Bonchev–Trinajstić information content (AvgIpc) is 3.38. The minimum absolute atomic E-state index is 0.0143. The molecule has 6 heteroatoms. The molecule has 1 amide bonds. The van der Waals surface area contributed by atoms with Crippen LogP contribution in [0.1, 0.15) is 47.4 Å². The Balaban J connectivity index is 1.26. The first-order chi connectivity index (χ1) is 14.2. The van der Waals surface area contributed by atoms with Crippen LogP contribution in [0.2, 0.25) is 0 Å². The summed E-state index contributed by atoms with van der Waals surface area (Å²) in [4.78, 5) is 12.4. The Labute approximate surface area is 170 Å². The third-order valence-corrected chi connectivity index (χ3v) is 5.34. The van der Waals surface area contributed by atoms with E-state index in [0.29, 0.717) is 31.0 Å². The molecule has 0 spiro atoms. The molecule has 0 aliphatic heterocycles. The maximum atomic E-state index is 12.4. The van der Waals surface area contributed by atoms with Gasteiger partial charge in [0, 0.05) is 19.3 Å². The summed E-state index contributed by atoms with van der Waals surface area (Å²) in [5.41, 5.74) is 3.66. The number of nitrogens with one attached hydrogen (secondary N) is 1. The fraction of sp³-hybridized carbons (Fsp3) is 0.348. The van der Waals surface area contributed by atoms with Crippen LogP contribution in [0.4, 0.5) is 0 Å². The standard InChI is InChI=1S/C23H25N3O3/c1-28-20-9-5-3-7-17(20)11-14-22-25-26-23(29-22)15-13-21(27)24-19-12-10-16-6-2-4-8-18(16)19/h2-9,19H,10-15H2,1H3,(H,24,27)/t19-/m0/s1. The molecule has 0 radical (unpaired) electrons. The average molecular weight is 391 g/mol. The van der Waals surface area contributed by atoms with Crippen molar-refractivity contribution in [2.75, 3.05) is 7.11 Å². The van der Waals surface area contributed by atoms with Gasteiger partial charge in [0.05, 0.1) is 13.2 Å². The molecule has 0 bridgehead atoms. The number of fused-ring (bicyclic) bond motifs is 1. The normalized spacial score (nSPS) is 15.1. The zero-order valence-corrected chi connectivity index (χ0v) is 16.6. The number of benzene rings is 2. The maximum absolute atomic E-state index is 12.4. The van der Waals surface area contributed by atoms with E-state index >= 15 is 0 Å². The lowest BCUT2D eigenvalue weighted by Crippen LogP contribution is -2.27. The first-order valence-electron chi connectivity index (χ1n) is 10.0. The van der Waals surface area contributed by atoms with E-state index in [9.17, 15) is 4.79 Å². The van der Waals surface area contributed by atoms with Gasteiger partial charge in [-0.25, -0.2) is 0 Å². The van der Waals surface area contributed by atoms with Crippen LogP contribution >= 0.6 is 0 Å². The van der Waals surface area contributed by atoms with Crippen LogP contribution in [0.5, 0.6) is 5.75 Å². The second-order valence-corrected chi connectivity index (χ2v) is 7.26. The van der Waals surface area contributed by atoms with Gasteiger partial charge in [-0.1, -0.05) is 42.5 Å². The van der Waals surface area contributed by atoms with Gasteiger partial charge in [-0.2, -0.15) is 0 Å². The Morgan fingerprint density at radius 3 is 2.69 bits per heavy atom. The maximum Gasteiger partial charge on any atom is 0.220 e. The van der Waals surface area contributed by atoms with Crippen LogP contribution in [0, 0.1) is 0 Å². The first-order valence-corrected chi connectivity index (χ1v) is 10.0. The van der Waals surface area contributed by atoms with E-state index in [-0.39, 0.29) is 11.9 Å². The number of amides is 1. The number of methoxy groups -OCH3 is 1. The molecule has 29 heavy (non-hydrogen) atoms. The Kier molecular flexibility index (Phi) is 5.89. The van der Waals surface area contributed by atoms with Crippen molar-refractivity contribution in [1.29, 1.82) is 0 Å². The lowest BCUT2D eigenvalue weighted by atomic mass is 10.1. The van der Waals surface area contributed by atoms with Gasteiger partial charge >= 0.3 is 0 Å². The molecule has 0 unspecified atom stereocenters. The number of hydrogen-bond donors (Lipinski definition) is 1. The number of ether oxygens (including phenoxy) is 1. The van der Waals surface area contributed by atoms with Crippen molar-refractivity contribution in [1.82, 2.24) is 15.5 Å². The van der Waals surface area contributed by atoms with Crippen molar-refractivity contribution in [3.05, 3.63) is 77.0 Å². The van der Waals surface area contributed by atoms with Crippen molar-refractivity contribution in [3.8, 4) is 5.75 Å². The van der Waals surface area contributed by atoms with Crippen LogP contribution in [-0.4, -0.2) is 23.2 Å². The fourth-order valence-corrected chi connectivity index (χ4v) is 3.84. The zero-order chi connectivity index (χ0) is 20.1. The molecule has 4 rings (SSSR count). The van der Waals surface area contributed by atoms with Crippen LogP contribution < -0.4 is 10.1 Å². The SMILES string of the molecule is COc1ccccc1CCc1nnc(CCC(=O)N[C@H]2CCc3ccccc32)o1. The van der Waals surface area contributed by atoms with E-state index in [4.69, 9.17) is 9.15 Å². The number of para-hydroxylation sites is 1. The van der Waals surface area contributed by atoms with Crippen molar-refractivity contribution in [3.63, 3.8) is 0 Å². The smallest absolute Gasteiger partial charge is 0.220 e. The molecule has 6 nitrogen and oxygen atoms in total. The Hall–Kier alpha value is -3.15. The van der Waals surface area contributed by atoms with Crippen molar-refractivity contribution >= 4 is 5.91 Å². The van der Waals surface area contributed by atoms with Gasteiger partial charge in [0.25, 0.3) is 0 Å². The van der Waals surface area contributed by atoms with E-state index in [2.05, 4.69) is 27.6 Å². The van der Waals surface area contributed by atoms with Crippen molar-refractivity contribution < 1.29 is 13.9 Å². The number of nitrogens with zero attached hydrogens (tertiary/aromatic N) is 2. The zero-order valence-electron chi connectivity index (χ0n) is 16.6. The predicted octanol–water partition coefficient (Wildman–Crippen LogP) is 3.60. The van der Waals surface area contributed by atoms with Crippen LogP contribution in [-0.2, 0) is 30.5 Å². The van der Waals surface area contributed by atoms with E-state index in [1.54, 1.807) is 7.11 Å². The van der Waals surface area contributed by atoms with Gasteiger partial charge in [0.15, 0.2) is 0 Å². The number of aryl methyl sites for hydroxylation is 4. The molecule has 3 aromatic rings. The molecule has 0 saturated heterocycles. The quantitative estimate of drug-likeness (QED) is 0.635. The molecule has 1 atom stereocenters. The van der Waals surface area contributed by atoms with Gasteiger partial charge in [-0.3, -0.25) is 4.79 Å². The largest absolute Gasteiger partial charge is 0.496 e. The monoisotopic (exact) mass is 391 g/mol. The molecule has 150 valence electrons. The number of carbonyl (C=O) groups is 1. The minimum Gasteiger partial charge on any atom is -0.496 e. The molecular weight excluding hydrogens is 366 g/mol.